The maximum Gasteiger partial charge on any atom is 0.138 e. The minimum atomic E-state index is -0.243. The topological polar surface area (TPSA) is 50.9 Å². The zero-order chi connectivity index (χ0) is 14.6. The Hall–Kier alpha value is -0.900. The van der Waals surface area contributed by atoms with Gasteiger partial charge in [0.25, 0.3) is 0 Å². The fourth-order valence-electron chi connectivity index (χ4n) is 5.83. The Morgan fingerprint density at radius 2 is 1.76 bits per heavy atom. The van der Waals surface area contributed by atoms with Crippen molar-refractivity contribution < 1.29 is 5.11 Å². The predicted molar refractivity (Wildman–Crippen MR) is 80.7 cm³/mol. The third-order valence-corrected chi connectivity index (χ3v) is 6.30. The summed E-state index contributed by atoms with van der Waals surface area (Å²) in [5.41, 5.74) is 0.183. The maximum atomic E-state index is 11.0. The summed E-state index contributed by atoms with van der Waals surface area (Å²) < 4.78 is 1.96. The average molecular weight is 289 g/mol. The highest BCUT2D eigenvalue weighted by molar-refractivity contribution is 5.06. The standard InChI is InChI=1S/C17H27N3O/c1-11(2)20-16(18-10-19-20)6-15(21)17-7-12-3-13(8-17)5-14(4-12)9-17/h10-15,21H,3-9H2,1-2H3. The van der Waals surface area contributed by atoms with Gasteiger partial charge in [0.05, 0.1) is 6.10 Å². The van der Waals surface area contributed by atoms with Gasteiger partial charge in [-0.05, 0) is 75.5 Å². The molecular formula is C17H27N3O. The maximum absolute atomic E-state index is 11.0. The highest BCUT2D eigenvalue weighted by Gasteiger charge is 2.54. The van der Waals surface area contributed by atoms with Crippen molar-refractivity contribution in [1.82, 2.24) is 14.8 Å². The van der Waals surface area contributed by atoms with Crippen molar-refractivity contribution in [2.24, 2.45) is 23.2 Å². The molecule has 0 aliphatic heterocycles. The molecule has 1 aromatic rings. The zero-order valence-corrected chi connectivity index (χ0v) is 13.2. The second-order valence-corrected chi connectivity index (χ2v) is 8.21. The molecule has 4 aliphatic carbocycles. The van der Waals surface area contributed by atoms with Crippen LogP contribution in [0.2, 0.25) is 0 Å². The van der Waals surface area contributed by atoms with E-state index in [0.29, 0.717) is 12.5 Å². The largest absolute Gasteiger partial charge is 0.392 e. The minimum Gasteiger partial charge on any atom is -0.392 e. The lowest BCUT2D eigenvalue weighted by molar-refractivity contribution is -0.120. The van der Waals surface area contributed by atoms with Crippen molar-refractivity contribution in [3.63, 3.8) is 0 Å². The summed E-state index contributed by atoms with van der Waals surface area (Å²) in [6, 6.07) is 0.311. The lowest BCUT2D eigenvalue weighted by Gasteiger charge is -2.58. The number of hydrogen-bond acceptors (Lipinski definition) is 3. The van der Waals surface area contributed by atoms with Gasteiger partial charge in [-0.1, -0.05) is 0 Å². The molecule has 4 bridgehead atoms. The van der Waals surface area contributed by atoms with Gasteiger partial charge < -0.3 is 5.11 Å². The summed E-state index contributed by atoms with van der Waals surface area (Å²) >= 11 is 0. The molecule has 1 heterocycles. The van der Waals surface area contributed by atoms with Crippen LogP contribution in [0.1, 0.15) is 64.2 Å². The number of rotatable bonds is 4. The molecule has 1 unspecified atom stereocenters. The van der Waals surface area contributed by atoms with Gasteiger partial charge in [0.1, 0.15) is 12.2 Å². The van der Waals surface area contributed by atoms with Crippen LogP contribution in [0.3, 0.4) is 0 Å². The van der Waals surface area contributed by atoms with Crippen molar-refractivity contribution >= 4 is 0 Å². The van der Waals surface area contributed by atoms with Gasteiger partial charge >= 0.3 is 0 Å². The molecule has 0 radical (unpaired) electrons. The number of nitrogens with zero attached hydrogens (tertiary/aromatic N) is 3. The van der Waals surface area contributed by atoms with Crippen LogP contribution in [0, 0.1) is 23.2 Å². The van der Waals surface area contributed by atoms with E-state index in [9.17, 15) is 5.11 Å². The predicted octanol–water partition coefficient (Wildman–Crippen LogP) is 2.98. The molecule has 0 amide bonds. The minimum absolute atomic E-state index is 0.183. The first-order valence-corrected chi connectivity index (χ1v) is 8.62. The Labute approximate surface area is 127 Å². The molecule has 0 spiro atoms. The Balaban J connectivity index is 1.54. The Bertz CT molecular complexity index is 487. The molecule has 4 saturated carbocycles. The lowest BCUT2D eigenvalue weighted by atomic mass is 9.48. The molecule has 1 N–H and O–H groups in total. The molecule has 4 nitrogen and oxygen atoms in total. The first-order chi connectivity index (χ1) is 10.1. The molecule has 4 aliphatic rings. The van der Waals surface area contributed by atoms with E-state index < -0.39 is 0 Å². The van der Waals surface area contributed by atoms with Gasteiger partial charge in [-0.3, -0.25) is 0 Å². The Morgan fingerprint density at radius 3 is 2.29 bits per heavy atom. The number of hydrogen-bond donors (Lipinski definition) is 1. The van der Waals surface area contributed by atoms with Crippen molar-refractivity contribution in [2.45, 2.75) is 70.9 Å². The van der Waals surface area contributed by atoms with Crippen LogP contribution in [0.25, 0.3) is 0 Å². The molecule has 5 rings (SSSR count). The summed E-state index contributed by atoms with van der Waals surface area (Å²) in [5, 5.41) is 15.3. The van der Waals surface area contributed by atoms with Crippen LogP contribution in [-0.4, -0.2) is 26.0 Å². The summed E-state index contributed by atoms with van der Waals surface area (Å²) in [4.78, 5) is 4.40. The highest BCUT2D eigenvalue weighted by Crippen LogP contribution is 2.61. The van der Waals surface area contributed by atoms with Crippen LogP contribution in [0.5, 0.6) is 0 Å². The van der Waals surface area contributed by atoms with E-state index in [2.05, 4.69) is 23.9 Å². The van der Waals surface area contributed by atoms with Gasteiger partial charge in [0.15, 0.2) is 0 Å². The highest BCUT2D eigenvalue weighted by atomic mass is 16.3. The molecule has 1 atom stereocenters. The Morgan fingerprint density at radius 1 is 1.19 bits per heavy atom. The molecule has 0 saturated heterocycles. The van der Waals surface area contributed by atoms with Gasteiger partial charge in [0, 0.05) is 12.5 Å². The van der Waals surface area contributed by atoms with Crippen molar-refractivity contribution in [2.75, 3.05) is 0 Å². The van der Waals surface area contributed by atoms with Crippen molar-refractivity contribution in [3.8, 4) is 0 Å². The molecule has 1 aromatic heterocycles. The van der Waals surface area contributed by atoms with Crippen LogP contribution < -0.4 is 0 Å². The number of aliphatic hydroxyl groups excluding tert-OH is 1. The normalized spacial score (nSPS) is 39.1. The number of aromatic nitrogens is 3. The second-order valence-electron chi connectivity index (χ2n) is 8.21. The summed E-state index contributed by atoms with van der Waals surface area (Å²) in [7, 11) is 0. The van der Waals surface area contributed by atoms with Gasteiger partial charge in [0.2, 0.25) is 0 Å². The fourth-order valence-corrected chi connectivity index (χ4v) is 5.83. The van der Waals surface area contributed by atoms with Crippen LogP contribution in [0.15, 0.2) is 6.33 Å². The smallest absolute Gasteiger partial charge is 0.138 e. The van der Waals surface area contributed by atoms with Gasteiger partial charge in [-0.15, -0.1) is 0 Å². The monoisotopic (exact) mass is 289 g/mol. The van der Waals surface area contributed by atoms with Gasteiger partial charge in [-0.2, -0.15) is 5.10 Å². The molecular weight excluding hydrogens is 262 g/mol. The lowest BCUT2D eigenvalue weighted by Crippen LogP contribution is -2.52. The van der Waals surface area contributed by atoms with E-state index in [1.807, 2.05) is 4.68 Å². The second kappa shape index (κ2) is 4.80. The van der Waals surface area contributed by atoms with Gasteiger partial charge in [-0.25, -0.2) is 9.67 Å². The van der Waals surface area contributed by atoms with Crippen molar-refractivity contribution in [1.29, 1.82) is 0 Å². The molecule has 4 fully saturated rings. The zero-order valence-electron chi connectivity index (χ0n) is 13.2. The molecule has 4 heteroatoms. The van der Waals surface area contributed by atoms with E-state index in [-0.39, 0.29) is 11.5 Å². The summed E-state index contributed by atoms with van der Waals surface area (Å²) in [6.45, 7) is 4.24. The third kappa shape index (κ3) is 2.23. The van der Waals surface area contributed by atoms with E-state index >= 15 is 0 Å². The van der Waals surface area contributed by atoms with E-state index in [1.54, 1.807) is 6.33 Å². The van der Waals surface area contributed by atoms with Crippen LogP contribution in [-0.2, 0) is 6.42 Å². The van der Waals surface area contributed by atoms with Crippen LogP contribution >= 0.6 is 0 Å². The summed E-state index contributed by atoms with van der Waals surface area (Å²) in [6.07, 6.45) is 10.1. The van der Waals surface area contributed by atoms with E-state index in [1.165, 1.54) is 38.5 Å². The molecule has 0 aromatic carbocycles. The van der Waals surface area contributed by atoms with Crippen LogP contribution in [0.4, 0.5) is 0 Å². The first kappa shape index (κ1) is 13.7. The van der Waals surface area contributed by atoms with E-state index in [4.69, 9.17) is 0 Å². The molecule has 116 valence electrons. The Kier molecular flexibility index (Phi) is 3.14. The average Bonchev–Trinajstić information content (AvgIpc) is 2.85. The molecule has 21 heavy (non-hydrogen) atoms. The van der Waals surface area contributed by atoms with E-state index in [0.717, 1.165) is 23.6 Å². The number of aliphatic hydroxyl groups is 1. The first-order valence-electron chi connectivity index (χ1n) is 8.62. The third-order valence-electron chi connectivity index (χ3n) is 6.30. The SMILES string of the molecule is CC(C)n1ncnc1CC(O)C12CC3CC(CC(C3)C1)C2. The fraction of sp³-hybridized carbons (Fsp3) is 0.882. The quantitative estimate of drug-likeness (QED) is 0.927. The summed E-state index contributed by atoms with van der Waals surface area (Å²) in [5.74, 6) is 3.60. The van der Waals surface area contributed by atoms with Crippen molar-refractivity contribution in [3.05, 3.63) is 12.2 Å².